The molecule has 1 aliphatic heterocycles. The van der Waals surface area contributed by atoms with E-state index in [1.807, 2.05) is 5.01 Å². The molecule has 0 unspecified atom stereocenters. The Morgan fingerprint density at radius 3 is 2.80 bits per heavy atom. The van der Waals surface area contributed by atoms with Gasteiger partial charge in [-0.2, -0.15) is 0 Å². The van der Waals surface area contributed by atoms with E-state index in [4.69, 9.17) is 0 Å². The highest BCUT2D eigenvalue weighted by Gasteiger charge is 2.14. The molecule has 1 aromatic heterocycles. The molecule has 1 aliphatic rings. The number of rotatable bonds is 2. The smallest absolute Gasteiger partial charge is 0.292 e. The minimum Gasteiger partial charge on any atom is -0.324 e. The van der Waals surface area contributed by atoms with Crippen LogP contribution in [-0.4, -0.2) is 53.1 Å². The molecular formula is C9H15N5O. The van der Waals surface area contributed by atoms with E-state index in [1.54, 1.807) is 6.20 Å². The number of anilines is 1. The summed E-state index contributed by atoms with van der Waals surface area (Å²) in [6.07, 6.45) is 3.09. The molecule has 0 bridgehead atoms. The number of hydrogen-bond acceptors (Lipinski definition) is 5. The predicted octanol–water partition coefficient (Wildman–Crippen LogP) is -0.656. The number of H-pyrrole nitrogens is 1. The van der Waals surface area contributed by atoms with Crippen LogP contribution >= 0.6 is 0 Å². The third-order valence-corrected chi connectivity index (χ3v) is 2.47. The topological polar surface area (TPSA) is 64.3 Å². The summed E-state index contributed by atoms with van der Waals surface area (Å²) in [6.45, 7) is 3.79. The maximum absolute atomic E-state index is 11.3. The molecule has 2 heterocycles. The molecule has 0 atom stereocenters. The van der Waals surface area contributed by atoms with Crippen molar-refractivity contribution >= 4 is 5.82 Å². The monoisotopic (exact) mass is 209 g/mol. The Bertz CT molecular complexity index is 369. The van der Waals surface area contributed by atoms with Gasteiger partial charge in [0.1, 0.15) is 0 Å². The normalized spacial score (nSPS) is 19.0. The summed E-state index contributed by atoms with van der Waals surface area (Å²) in [7, 11) is 2.09. The molecule has 82 valence electrons. The van der Waals surface area contributed by atoms with E-state index in [0.29, 0.717) is 5.82 Å². The number of nitrogens with one attached hydrogen (secondary N) is 2. The third-order valence-electron chi connectivity index (χ3n) is 2.47. The molecule has 0 saturated carbocycles. The van der Waals surface area contributed by atoms with Crippen molar-refractivity contribution < 1.29 is 0 Å². The second-order valence-electron chi connectivity index (χ2n) is 3.67. The standard InChI is InChI=1S/C9H15N5O/c1-13-4-6-14(7-5-13)12-8-9(15)11-3-2-10-8/h2-3H,4-7H2,1H3,(H,10,12)(H,11,15). The number of likely N-dealkylation sites (N-methyl/N-ethyl adjacent to an activating group) is 1. The maximum Gasteiger partial charge on any atom is 0.292 e. The zero-order chi connectivity index (χ0) is 10.7. The van der Waals surface area contributed by atoms with E-state index in [0.717, 1.165) is 26.2 Å². The first kappa shape index (κ1) is 10.1. The highest BCUT2D eigenvalue weighted by atomic mass is 16.1. The molecule has 0 amide bonds. The summed E-state index contributed by atoms with van der Waals surface area (Å²) in [5, 5.41) is 2.01. The van der Waals surface area contributed by atoms with Gasteiger partial charge in [0.25, 0.3) is 5.56 Å². The Labute approximate surface area is 87.9 Å². The van der Waals surface area contributed by atoms with Gasteiger partial charge in [-0.25, -0.2) is 9.99 Å². The lowest BCUT2D eigenvalue weighted by Crippen LogP contribution is -2.47. The maximum atomic E-state index is 11.3. The first-order chi connectivity index (χ1) is 7.25. The van der Waals surface area contributed by atoms with Gasteiger partial charge in [-0.1, -0.05) is 0 Å². The van der Waals surface area contributed by atoms with Gasteiger partial charge in [-0.3, -0.25) is 10.2 Å². The van der Waals surface area contributed by atoms with Crippen molar-refractivity contribution in [2.75, 3.05) is 38.7 Å². The fourth-order valence-electron chi connectivity index (χ4n) is 1.50. The molecule has 0 radical (unpaired) electrons. The molecule has 15 heavy (non-hydrogen) atoms. The molecule has 1 aromatic rings. The third kappa shape index (κ3) is 2.54. The summed E-state index contributed by atoms with van der Waals surface area (Å²) in [4.78, 5) is 20.2. The average Bonchev–Trinajstić information content (AvgIpc) is 2.25. The van der Waals surface area contributed by atoms with Crippen LogP contribution in [0.2, 0.25) is 0 Å². The number of aromatic nitrogens is 2. The van der Waals surface area contributed by atoms with Gasteiger partial charge in [0, 0.05) is 38.6 Å². The zero-order valence-corrected chi connectivity index (χ0v) is 8.73. The van der Waals surface area contributed by atoms with Crippen molar-refractivity contribution in [1.82, 2.24) is 19.9 Å². The van der Waals surface area contributed by atoms with Crippen molar-refractivity contribution in [3.8, 4) is 0 Å². The van der Waals surface area contributed by atoms with Gasteiger partial charge in [0.05, 0.1) is 0 Å². The highest BCUT2D eigenvalue weighted by molar-refractivity contribution is 5.28. The number of aromatic amines is 1. The van der Waals surface area contributed by atoms with Gasteiger partial charge in [-0.05, 0) is 7.05 Å². The Morgan fingerprint density at radius 1 is 1.40 bits per heavy atom. The molecule has 0 spiro atoms. The van der Waals surface area contributed by atoms with Crippen LogP contribution in [0.1, 0.15) is 0 Å². The SMILES string of the molecule is CN1CCN(Nc2ncc[nH]c2=O)CC1. The molecule has 2 rings (SSSR count). The van der Waals surface area contributed by atoms with E-state index in [2.05, 4.69) is 27.3 Å². The van der Waals surface area contributed by atoms with Crippen molar-refractivity contribution in [3.63, 3.8) is 0 Å². The van der Waals surface area contributed by atoms with Crippen LogP contribution in [-0.2, 0) is 0 Å². The second-order valence-corrected chi connectivity index (χ2v) is 3.67. The molecule has 1 fully saturated rings. The van der Waals surface area contributed by atoms with Crippen LogP contribution in [0.15, 0.2) is 17.2 Å². The fraction of sp³-hybridized carbons (Fsp3) is 0.556. The lowest BCUT2D eigenvalue weighted by atomic mass is 10.4. The molecule has 1 saturated heterocycles. The van der Waals surface area contributed by atoms with Crippen LogP contribution in [0, 0.1) is 0 Å². The Hall–Kier alpha value is -1.40. The number of nitrogens with zero attached hydrogens (tertiary/aromatic N) is 3. The van der Waals surface area contributed by atoms with E-state index in [9.17, 15) is 4.79 Å². The van der Waals surface area contributed by atoms with Crippen molar-refractivity contribution in [2.45, 2.75) is 0 Å². The van der Waals surface area contributed by atoms with Crippen LogP contribution < -0.4 is 11.0 Å². The molecule has 6 nitrogen and oxygen atoms in total. The van der Waals surface area contributed by atoms with Gasteiger partial charge in [0.15, 0.2) is 0 Å². The summed E-state index contributed by atoms with van der Waals surface area (Å²) < 4.78 is 0. The van der Waals surface area contributed by atoms with Gasteiger partial charge in [-0.15, -0.1) is 0 Å². The minimum absolute atomic E-state index is 0.184. The van der Waals surface area contributed by atoms with Crippen LogP contribution in [0.4, 0.5) is 5.82 Å². The average molecular weight is 209 g/mol. The highest BCUT2D eigenvalue weighted by Crippen LogP contribution is 2.00. The molecular weight excluding hydrogens is 194 g/mol. The predicted molar refractivity (Wildman–Crippen MR) is 57.6 cm³/mol. The number of hydrazine groups is 1. The fourth-order valence-corrected chi connectivity index (χ4v) is 1.50. The summed E-state index contributed by atoms with van der Waals surface area (Å²) in [5.74, 6) is 0.363. The Morgan fingerprint density at radius 2 is 2.13 bits per heavy atom. The summed E-state index contributed by atoms with van der Waals surface area (Å²) in [6, 6.07) is 0. The van der Waals surface area contributed by atoms with Crippen molar-refractivity contribution in [1.29, 1.82) is 0 Å². The molecule has 2 N–H and O–H groups in total. The molecule has 6 heteroatoms. The largest absolute Gasteiger partial charge is 0.324 e. The van der Waals surface area contributed by atoms with Crippen LogP contribution in [0.25, 0.3) is 0 Å². The minimum atomic E-state index is -0.184. The number of hydrogen-bond donors (Lipinski definition) is 2. The quantitative estimate of drug-likeness (QED) is 0.677. The Kier molecular flexibility index (Phi) is 2.98. The van der Waals surface area contributed by atoms with Crippen LogP contribution in [0.5, 0.6) is 0 Å². The molecule has 0 aromatic carbocycles. The zero-order valence-electron chi connectivity index (χ0n) is 8.73. The van der Waals surface area contributed by atoms with E-state index in [1.165, 1.54) is 6.20 Å². The van der Waals surface area contributed by atoms with E-state index >= 15 is 0 Å². The first-order valence-electron chi connectivity index (χ1n) is 4.99. The molecule has 0 aliphatic carbocycles. The first-order valence-corrected chi connectivity index (χ1v) is 4.99. The van der Waals surface area contributed by atoms with Gasteiger partial charge >= 0.3 is 0 Å². The van der Waals surface area contributed by atoms with Crippen LogP contribution in [0.3, 0.4) is 0 Å². The number of piperazine rings is 1. The summed E-state index contributed by atoms with van der Waals surface area (Å²) >= 11 is 0. The van der Waals surface area contributed by atoms with Crippen molar-refractivity contribution in [2.24, 2.45) is 0 Å². The lowest BCUT2D eigenvalue weighted by molar-refractivity contribution is 0.178. The van der Waals surface area contributed by atoms with Gasteiger partial charge in [0.2, 0.25) is 5.82 Å². The van der Waals surface area contributed by atoms with E-state index < -0.39 is 0 Å². The van der Waals surface area contributed by atoms with Gasteiger partial charge < -0.3 is 9.88 Å². The van der Waals surface area contributed by atoms with E-state index in [-0.39, 0.29) is 5.56 Å². The lowest BCUT2D eigenvalue weighted by Gasteiger charge is -2.32. The Balaban J connectivity index is 1.98. The van der Waals surface area contributed by atoms with Crippen molar-refractivity contribution in [3.05, 3.63) is 22.7 Å². The second kappa shape index (κ2) is 4.41. The summed E-state index contributed by atoms with van der Waals surface area (Å²) in [5.41, 5.74) is 2.84.